The SMILES string of the molecule is COc1ccc(OC)c([C@@H](N)C(F)F)c1. The largest absolute Gasteiger partial charge is 0.497 e. The van der Waals surface area contributed by atoms with Crippen molar-refractivity contribution in [3.05, 3.63) is 23.8 Å². The number of methoxy groups -OCH3 is 2. The summed E-state index contributed by atoms with van der Waals surface area (Å²) in [6.07, 6.45) is -2.63. The minimum atomic E-state index is -2.63. The van der Waals surface area contributed by atoms with Crippen LogP contribution in [-0.2, 0) is 0 Å². The highest BCUT2D eigenvalue weighted by Gasteiger charge is 2.21. The number of alkyl halides is 2. The highest BCUT2D eigenvalue weighted by Crippen LogP contribution is 2.30. The maximum atomic E-state index is 12.4. The molecule has 0 saturated heterocycles. The van der Waals surface area contributed by atoms with E-state index in [1.54, 1.807) is 12.1 Å². The molecule has 0 bridgehead atoms. The number of halogens is 2. The lowest BCUT2D eigenvalue weighted by molar-refractivity contribution is 0.115. The summed E-state index contributed by atoms with van der Waals surface area (Å²) in [5.41, 5.74) is 5.59. The van der Waals surface area contributed by atoms with Crippen molar-refractivity contribution in [3.63, 3.8) is 0 Å². The zero-order valence-electron chi connectivity index (χ0n) is 8.54. The summed E-state index contributed by atoms with van der Waals surface area (Å²) in [7, 11) is 2.86. The fraction of sp³-hybridized carbons (Fsp3) is 0.400. The molecule has 0 aliphatic heterocycles. The van der Waals surface area contributed by atoms with Crippen LogP contribution in [-0.4, -0.2) is 20.6 Å². The Morgan fingerprint density at radius 2 is 1.87 bits per heavy atom. The predicted molar refractivity (Wildman–Crippen MR) is 52.5 cm³/mol. The van der Waals surface area contributed by atoms with Crippen LogP contribution in [0.5, 0.6) is 11.5 Å². The Morgan fingerprint density at radius 1 is 1.20 bits per heavy atom. The van der Waals surface area contributed by atoms with E-state index in [1.807, 2.05) is 0 Å². The van der Waals surface area contributed by atoms with Gasteiger partial charge in [0, 0.05) is 5.56 Å². The summed E-state index contributed by atoms with van der Waals surface area (Å²) in [6.45, 7) is 0. The second-order valence-electron chi connectivity index (χ2n) is 2.97. The van der Waals surface area contributed by atoms with Gasteiger partial charge in [0.1, 0.15) is 11.5 Å². The number of hydrogen-bond donors (Lipinski definition) is 1. The molecule has 2 N–H and O–H groups in total. The highest BCUT2D eigenvalue weighted by atomic mass is 19.3. The molecule has 0 aliphatic rings. The predicted octanol–water partition coefficient (Wildman–Crippen LogP) is 1.97. The molecular weight excluding hydrogens is 204 g/mol. The van der Waals surface area contributed by atoms with Crippen LogP contribution < -0.4 is 15.2 Å². The zero-order chi connectivity index (χ0) is 11.4. The first-order valence-corrected chi connectivity index (χ1v) is 4.35. The quantitative estimate of drug-likeness (QED) is 0.838. The van der Waals surface area contributed by atoms with E-state index < -0.39 is 12.5 Å². The summed E-state index contributed by atoms with van der Waals surface area (Å²) in [4.78, 5) is 0. The van der Waals surface area contributed by atoms with Gasteiger partial charge in [0.2, 0.25) is 0 Å². The van der Waals surface area contributed by atoms with Gasteiger partial charge in [-0.25, -0.2) is 8.78 Å². The molecule has 0 saturated carbocycles. The topological polar surface area (TPSA) is 44.5 Å². The molecule has 0 aliphatic carbocycles. The number of nitrogens with two attached hydrogens (primary N) is 1. The van der Waals surface area contributed by atoms with Crippen LogP contribution >= 0.6 is 0 Å². The number of ether oxygens (including phenoxy) is 2. The summed E-state index contributed by atoms with van der Waals surface area (Å²) in [5, 5.41) is 0. The van der Waals surface area contributed by atoms with Crippen molar-refractivity contribution < 1.29 is 18.3 Å². The minimum absolute atomic E-state index is 0.242. The zero-order valence-corrected chi connectivity index (χ0v) is 8.54. The van der Waals surface area contributed by atoms with E-state index in [2.05, 4.69) is 0 Å². The van der Waals surface area contributed by atoms with Crippen molar-refractivity contribution in [2.45, 2.75) is 12.5 Å². The first kappa shape index (κ1) is 11.7. The van der Waals surface area contributed by atoms with E-state index in [1.165, 1.54) is 20.3 Å². The van der Waals surface area contributed by atoms with Crippen molar-refractivity contribution in [1.82, 2.24) is 0 Å². The Kier molecular flexibility index (Phi) is 3.85. The molecule has 0 radical (unpaired) electrons. The third-order valence-electron chi connectivity index (χ3n) is 2.07. The Hall–Kier alpha value is -1.36. The van der Waals surface area contributed by atoms with Crippen LogP contribution in [0, 0.1) is 0 Å². The van der Waals surface area contributed by atoms with Crippen molar-refractivity contribution in [3.8, 4) is 11.5 Å². The van der Waals surface area contributed by atoms with E-state index in [-0.39, 0.29) is 5.56 Å². The number of benzene rings is 1. The van der Waals surface area contributed by atoms with Gasteiger partial charge in [-0.3, -0.25) is 0 Å². The average molecular weight is 217 g/mol. The third kappa shape index (κ3) is 2.56. The van der Waals surface area contributed by atoms with Crippen molar-refractivity contribution in [2.75, 3.05) is 14.2 Å². The number of hydrogen-bond acceptors (Lipinski definition) is 3. The maximum absolute atomic E-state index is 12.4. The summed E-state index contributed by atoms with van der Waals surface area (Å²) >= 11 is 0. The van der Waals surface area contributed by atoms with Crippen LogP contribution in [0.25, 0.3) is 0 Å². The van der Waals surface area contributed by atoms with Crippen LogP contribution in [0.1, 0.15) is 11.6 Å². The van der Waals surface area contributed by atoms with E-state index in [0.29, 0.717) is 11.5 Å². The van der Waals surface area contributed by atoms with E-state index >= 15 is 0 Å². The van der Waals surface area contributed by atoms with Crippen LogP contribution in [0.3, 0.4) is 0 Å². The lowest BCUT2D eigenvalue weighted by Crippen LogP contribution is -2.19. The number of rotatable bonds is 4. The lowest BCUT2D eigenvalue weighted by Gasteiger charge is -2.15. The Labute approximate surface area is 86.8 Å². The second kappa shape index (κ2) is 4.93. The Balaban J connectivity index is 3.11. The van der Waals surface area contributed by atoms with Gasteiger partial charge in [-0.2, -0.15) is 0 Å². The van der Waals surface area contributed by atoms with Crippen LogP contribution in [0.15, 0.2) is 18.2 Å². The van der Waals surface area contributed by atoms with Gasteiger partial charge in [0.15, 0.2) is 0 Å². The average Bonchev–Trinajstić information content (AvgIpc) is 2.27. The van der Waals surface area contributed by atoms with Crippen LogP contribution in [0.2, 0.25) is 0 Å². The van der Waals surface area contributed by atoms with E-state index in [0.717, 1.165) is 0 Å². The van der Waals surface area contributed by atoms with Crippen molar-refractivity contribution in [2.24, 2.45) is 5.73 Å². The lowest BCUT2D eigenvalue weighted by atomic mass is 10.1. The van der Waals surface area contributed by atoms with Gasteiger partial charge in [-0.15, -0.1) is 0 Å². The molecule has 0 fully saturated rings. The third-order valence-corrected chi connectivity index (χ3v) is 2.07. The fourth-order valence-corrected chi connectivity index (χ4v) is 1.24. The summed E-state index contributed by atoms with van der Waals surface area (Å²) in [5.74, 6) is 0.811. The molecule has 0 spiro atoms. The molecule has 1 rings (SSSR count). The minimum Gasteiger partial charge on any atom is -0.497 e. The van der Waals surface area contributed by atoms with Gasteiger partial charge in [0.25, 0.3) is 6.43 Å². The molecule has 84 valence electrons. The van der Waals surface area contributed by atoms with Gasteiger partial charge in [-0.05, 0) is 18.2 Å². The molecule has 3 nitrogen and oxygen atoms in total. The Morgan fingerprint density at radius 3 is 2.33 bits per heavy atom. The normalized spacial score (nSPS) is 12.7. The van der Waals surface area contributed by atoms with Crippen molar-refractivity contribution in [1.29, 1.82) is 0 Å². The molecule has 0 unspecified atom stereocenters. The van der Waals surface area contributed by atoms with Gasteiger partial charge < -0.3 is 15.2 Å². The van der Waals surface area contributed by atoms with Gasteiger partial charge in [0.05, 0.1) is 20.3 Å². The van der Waals surface area contributed by atoms with Gasteiger partial charge in [-0.1, -0.05) is 0 Å². The molecule has 1 aromatic rings. The summed E-state index contributed by atoms with van der Waals surface area (Å²) < 4.78 is 34.8. The Bertz CT molecular complexity index is 331. The molecular formula is C10H13F2NO2. The molecule has 0 amide bonds. The molecule has 1 aromatic carbocycles. The van der Waals surface area contributed by atoms with E-state index in [9.17, 15) is 8.78 Å². The monoisotopic (exact) mass is 217 g/mol. The molecule has 5 heteroatoms. The maximum Gasteiger partial charge on any atom is 0.257 e. The smallest absolute Gasteiger partial charge is 0.257 e. The molecule has 0 aromatic heterocycles. The summed E-state index contributed by atoms with van der Waals surface area (Å²) in [6, 6.07) is 3.27. The van der Waals surface area contributed by atoms with Crippen molar-refractivity contribution >= 4 is 0 Å². The van der Waals surface area contributed by atoms with E-state index in [4.69, 9.17) is 15.2 Å². The van der Waals surface area contributed by atoms with Crippen LogP contribution in [0.4, 0.5) is 8.78 Å². The first-order valence-electron chi connectivity index (χ1n) is 4.35. The molecule has 0 heterocycles. The van der Waals surface area contributed by atoms with Gasteiger partial charge >= 0.3 is 0 Å². The second-order valence-corrected chi connectivity index (χ2v) is 2.97. The standard InChI is InChI=1S/C10H13F2NO2/c1-14-6-3-4-8(15-2)7(5-6)9(13)10(11)12/h3-5,9-10H,13H2,1-2H3/t9-/m1/s1. The first-order chi connectivity index (χ1) is 7.10. The molecule has 15 heavy (non-hydrogen) atoms. The molecule has 1 atom stereocenters. The fourth-order valence-electron chi connectivity index (χ4n) is 1.24. The highest BCUT2D eigenvalue weighted by molar-refractivity contribution is 5.42.